The maximum Gasteiger partial charge on any atom is 0.191 e. The zero-order valence-electron chi connectivity index (χ0n) is 14.9. The molecule has 0 radical (unpaired) electrons. The maximum absolute atomic E-state index is 5.63. The van der Waals surface area contributed by atoms with Gasteiger partial charge in [0.2, 0.25) is 0 Å². The molecule has 4 heteroatoms. The minimum atomic E-state index is 0.109. The van der Waals surface area contributed by atoms with Crippen LogP contribution < -0.4 is 10.6 Å². The SMILES string of the molecule is CCNC(=NCC1(c2ccccc2)CCOCC1)NC1CCCC1. The molecule has 1 aromatic carbocycles. The third kappa shape index (κ3) is 4.29. The Kier molecular flexibility index (Phi) is 6.13. The number of hydrogen-bond donors (Lipinski definition) is 2. The van der Waals surface area contributed by atoms with E-state index >= 15 is 0 Å². The van der Waals surface area contributed by atoms with E-state index in [2.05, 4.69) is 47.9 Å². The molecule has 1 aliphatic carbocycles. The number of nitrogens with zero attached hydrogens (tertiary/aromatic N) is 1. The topological polar surface area (TPSA) is 45.7 Å². The molecule has 4 nitrogen and oxygen atoms in total. The fraction of sp³-hybridized carbons (Fsp3) is 0.650. The number of nitrogens with one attached hydrogen (secondary N) is 2. The van der Waals surface area contributed by atoms with E-state index < -0.39 is 0 Å². The second kappa shape index (κ2) is 8.52. The van der Waals surface area contributed by atoms with Gasteiger partial charge < -0.3 is 15.4 Å². The molecule has 1 heterocycles. The van der Waals surface area contributed by atoms with E-state index in [1.807, 2.05) is 0 Å². The van der Waals surface area contributed by atoms with Crippen LogP contribution in [0.2, 0.25) is 0 Å². The maximum atomic E-state index is 5.63. The van der Waals surface area contributed by atoms with Gasteiger partial charge in [-0.1, -0.05) is 43.2 Å². The van der Waals surface area contributed by atoms with Gasteiger partial charge in [-0.15, -0.1) is 0 Å². The van der Waals surface area contributed by atoms with Gasteiger partial charge in [-0.3, -0.25) is 4.99 Å². The summed E-state index contributed by atoms with van der Waals surface area (Å²) in [5.41, 5.74) is 1.51. The summed E-state index contributed by atoms with van der Waals surface area (Å²) in [4.78, 5) is 4.99. The van der Waals surface area contributed by atoms with Crippen molar-refractivity contribution in [1.29, 1.82) is 0 Å². The monoisotopic (exact) mass is 329 g/mol. The molecule has 2 fully saturated rings. The van der Waals surface area contributed by atoms with Gasteiger partial charge >= 0.3 is 0 Å². The molecular formula is C20H31N3O. The zero-order chi connectivity index (χ0) is 16.7. The molecular weight excluding hydrogens is 298 g/mol. The summed E-state index contributed by atoms with van der Waals surface area (Å²) in [7, 11) is 0. The van der Waals surface area contributed by atoms with Gasteiger partial charge in [0.25, 0.3) is 0 Å². The van der Waals surface area contributed by atoms with Gasteiger partial charge in [-0.05, 0) is 38.2 Å². The lowest BCUT2D eigenvalue weighted by Crippen LogP contribution is -2.44. The number of hydrogen-bond acceptors (Lipinski definition) is 2. The van der Waals surface area contributed by atoms with Gasteiger partial charge in [0.05, 0.1) is 6.54 Å². The van der Waals surface area contributed by atoms with Gasteiger partial charge in [0.1, 0.15) is 0 Å². The van der Waals surface area contributed by atoms with Gasteiger partial charge in [0.15, 0.2) is 5.96 Å². The minimum absolute atomic E-state index is 0.109. The molecule has 3 rings (SSSR count). The molecule has 2 N–H and O–H groups in total. The Morgan fingerprint density at radius 2 is 1.88 bits per heavy atom. The predicted molar refractivity (Wildman–Crippen MR) is 99.5 cm³/mol. The highest BCUT2D eigenvalue weighted by atomic mass is 16.5. The lowest BCUT2D eigenvalue weighted by molar-refractivity contribution is 0.0531. The third-order valence-electron chi connectivity index (χ3n) is 5.42. The highest BCUT2D eigenvalue weighted by Crippen LogP contribution is 2.35. The van der Waals surface area contributed by atoms with Crippen molar-refractivity contribution in [1.82, 2.24) is 10.6 Å². The van der Waals surface area contributed by atoms with E-state index in [0.29, 0.717) is 6.04 Å². The molecule has 1 aromatic rings. The van der Waals surface area contributed by atoms with Crippen LogP contribution in [0.25, 0.3) is 0 Å². The standard InChI is InChI=1S/C20H31N3O/c1-2-21-19(23-18-10-6-7-11-18)22-16-20(12-14-24-15-13-20)17-8-4-3-5-9-17/h3-5,8-9,18H,2,6-7,10-16H2,1H3,(H2,21,22,23). The van der Waals surface area contributed by atoms with Crippen molar-refractivity contribution in [2.75, 3.05) is 26.3 Å². The Morgan fingerprint density at radius 1 is 1.17 bits per heavy atom. The first-order valence-electron chi connectivity index (χ1n) is 9.50. The predicted octanol–water partition coefficient (Wildman–Crippen LogP) is 3.23. The Bertz CT molecular complexity index is 517. The third-order valence-corrected chi connectivity index (χ3v) is 5.42. The summed E-state index contributed by atoms with van der Waals surface area (Å²) >= 11 is 0. The van der Waals surface area contributed by atoms with Crippen LogP contribution in [0.5, 0.6) is 0 Å². The average Bonchev–Trinajstić information content (AvgIpc) is 3.15. The van der Waals surface area contributed by atoms with Crippen LogP contribution in [-0.2, 0) is 10.2 Å². The normalized spacial score (nSPS) is 21.6. The van der Waals surface area contributed by atoms with Crippen molar-refractivity contribution >= 4 is 5.96 Å². The van der Waals surface area contributed by atoms with Crippen LogP contribution in [0.15, 0.2) is 35.3 Å². The summed E-state index contributed by atoms with van der Waals surface area (Å²) in [5.74, 6) is 0.978. The summed E-state index contributed by atoms with van der Waals surface area (Å²) in [6, 6.07) is 11.4. The zero-order valence-corrected chi connectivity index (χ0v) is 14.9. The molecule has 1 saturated heterocycles. The Labute approximate surface area is 146 Å². The van der Waals surface area contributed by atoms with Crippen molar-refractivity contribution in [2.24, 2.45) is 4.99 Å². The molecule has 2 aliphatic rings. The molecule has 24 heavy (non-hydrogen) atoms. The highest BCUT2D eigenvalue weighted by Gasteiger charge is 2.34. The van der Waals surface area contributed by atoms with E-state index in [1.54, 1.807) is 0 Å². The summed E-state index contributed by atoms with van der Waals surface area (Å²) in [5, 5.41) is 7.06. The number of benzene rings is 1. The Balaban J connectivity index is 1.74. The highest BCUT2D eigenvalue weighted by molar-refractivity contribution is 5.80. The second-order valence-corrected chi connectivity index (χ2v) is 7.08. The van der Waals surface area contributed by atoms with Gasteiger partial charge in [-0.25, -0.2) is 0 Å². The first kappa shape index (κ1) is 17.3. The molecule has 0 unspecified atom stereocenters. The van der Waals surface area contributed by atoms with Crippen LogP contribution >= 0.6 is 0 Å². The van der Waals surface area contributed by atoms with E-state index in [4.69, 9.17) is 9.73 Å². The van der Waals surface area contributed by atoms with E-state index in [1.165, 1.54) is 31.2 Å². The van der Waals surface area contributed by atoms with E-state index in [0.717, 1.165) is 45.1 Å². The van der Waals surface area contributed by atoms with Crippen molar-refractivity contribution in [2.45, 2.75) is 56.9 Å². The fourth-order valence-corrected chi connectivity index (χ4v) is 3.91. The Hall–Kier alpha value is -1.55. The minimum Gasteiger partial charge on any atom is -0.381 e. The molecule has 1 aliphatic heterocycles. The lowest BCUT2D eigenvalue weighted by atomic mass is 9.74. The van der Waals surface area contributed by atoms with Crippen LogP contribution in [-0.4, -0.2) is 38.3 Å². The largest absolute Gasteiger partial charge is 0.381 e. The van der Waals surface area contributed by atoms with E-state index in [-0.39, 0.29) is 5.41 Å². The fourth-order valence-electron chi connectivity index (χ4n) is 3.91. The average molecular weight is 329 g/mol. The molecule has 0 atom stereocenters. The first-order chi connectivity index (χ1) is 11.8. The molecule has 0 aromatic heterocycles. The van der Waals surface area contributed by atoms with Crippen LogP contribution in [0.4, 0.5) is 0 Å². The summed E-state index contributed by atoms with van der Waals surface area (Å²) in [6.45, 7) is 5.52. The quantitative estimate of drug-likeness (QED) is 0.644. The number of ether oxygens (including phenoxy) is 1. The Morgan fingerprint density at radius 3 is 2.54 bits per heavy atom. The summed E-state index contributed by atoms with van der Waals surface area (Å²) in [6.07, 6.45) is 7.29. The number of aliphatic imine (C=N–C) groups is 1. The van der Waals surface area contributed by atoms with Crippen LogP contribution in [0.1, 0.15) is 51.0 Å². The lowest BCUT2D eigenvalue weighted by Gasteiger charge is -2.36. The second-order valence-electron chi connectivity index (χ2n) is 7.08. The van der Waals surface area contributed by atoms with Gasteiger partial charge in [-0.2, -0.15) is 0 Å². The van der Waals surface area contributed by atoms with E-state index in [9.17, 15) is 0 Å². The van der Waals surface area contributed by atoms with Crippen molar-refractivity contribution < 1.29 is 4.74 Å². The summed E-state index contributed by atoms with van der Waals surface area (Å²) < 4.78 is 5.63. The first-order valence-corrected chi connectivity index (χ1v) is 9.50. The van der Waals surface area contributed by atoms with Crippen LogP contribution in [0, 0.1) is 0 Å². The molecule has 1 saturated carbocycles. The number of guanidine groups is 1. The molecule has 0 amide bonds. The van der Waals surface area contributed by atoms with Gasteiger partial charge in [0, 0.05) is 31.2 Å². The van der Waals surface area contributed by atoms with Crippen LogP contribution in [0.3, 0.4) is 0 Å². The smallest absolute Gasteiger partial charge is 0.191 e. The van der Waals surface area contributed by atoms with Crippen molar-refractivity contribution in [3.63, 3.8) is 0 Å². The van der Waals surface area contributed by atoms with Crippen molar-refractivity contribution in [3.05, 3.63) is 35.9 Å². The molecule has 0 bridgehead atoms. The number of rotatable bonds is 5. The molecule has 0 spiro atoms. The van der Waals surface area contributed by atoms with Crippen molar-refractivity contribution in [3.8, 4) is 0 Å². The molecule has 132 valence electrons.